The Morgan fingerprint density at radius 2 is 1.86 bits per heavy atom. The number of amides is 2. The van der Waals surface area contributed by atoms with Crippen molar-refractivity contribution in [2.45, 2.75) is 52.2 Å². The summed E-state index contributed by atoms with van der Waals surface area (Å²) in [6, 6.07) is 18.0. The maximum atomic E-state index is 13.7. The summed E-state index contributed by atoms with van der Waals surface area (Å²) in [5.74, 6) is 2.30. The monoisotopic (exact) mass is 671 g/mol. The lowest BCUT2D eigenvalue weighted by atomic mass is 9.98. The van der Waals surface area contributed by atoms with Crippen molar-refractivity contribution in [3.8, 4) is 28.5 Å². The number of aromatic nitrogens is 6. The third-order valence-electron chi connectivity index (χ3n) is 10.4. The number of likely N-dealkylation sites (tertiary alicyclic amines) is 1. The summed E-state index contributed by atoms with van der Waals surface area (Å²) in [6.45, 7) is 8.22. The van der Waals surface area contributed by atoms with E-state index in [2.05, 4.69) is 65.8 Å². The van der Waals surface area contributed by atoms with Gasteiger partial charge in [0.25, 0.3) is 0 Å². The molecule has 3 aliphatic rings. The van der Waals surface area contributed by atoms with Gasteiger partial charge in [-0.1, -0.05) is 30.3 Å². The van der Waals surface area contributed by atoms with Crippen molar-refractivity contribution >= 4 is 34.0 Å². The number of nitrogens with one attached hydrogen (secondary N) is 2. The zero-order chi connectivity index (χ0) is 34.6. The van der Waals surface area contributed by atoms with Crippen LogP contribution < -0.4 is 10.1 Å². The molecule has 2 N–H and O–H groups in total. The largest absolute Gasteiger partial charge is 0.475 e. The Kier molecular flexibility index (Phi) is 7.98. The Labute approximate surface area is 290 Å². The lowest BCUT2D eigenvalue weighted by Gasteiger charge is -2.29. The van der Waals surface area contributed by atoms with E-state index in [-0.39, 0.29) is 24.0 Å². The van der Waals surface area contributed by atoms with Gasteiger partial charge in [0.2, 0.25) is 17.7 Å². The maximum Gasteiger partial charge on any atom is 0.237 e. The lowest BCUT2D eigenvalue weighted by molar-refractivity contribution is -0.132. The molecule has 5 aromatic rings. The van der Waals surface area contributed by atoms with Crippen molar-refractivity contribution in [1.82, 2.24) is 39.7 Å². The fourth-order valence-corrected chi connectivity index (χ4v) is 7.33. The van der Waals surface area contributed by atoms with Gasteiger partial charge in [0.15, 0.2) is 5.82 Å². The number of H-pyrrole nitrogens is 1. The highest BCUT2D eigenvalue weighted by Gasteiger charge is 2.66. The minimum Gasteiger partial charge on any atom is -0.475 e. The van der Waals surface area contributed by atoms with E-state index in [9.17, 15) is 9.59 Å². The molecule has 1 saturated heterocycles. The highest BCUT2D eigenvalue weighted by atomic mass is 16.5. The van der Waals surface area contributed by atoms with Crippen molar-refractivity contribution in [2.75, 3.05) is 31.5 Å². The fraction of sp³-hybridized carbons (Fsp3) is 0.368. The molecule has 2 atom stereocenters. The van der Waals surface area contributed by atoms with Crippen LogP contribution in [0.3, 0.4) is 0 Å². The SMILES string of the molecule is Cc1nc(-c2ccc(C3=CCN(C(=O)CN4CC[C@]5(C(=O)Nc6ccc7[nH]nc(-c8ccc(OC(C)C)nc8)c7c6)CC45)CC3)cc2)nn1C. The topological polar surface area (TPSA) is 134 Å². The van der Waals surface area contributed by atoms with Crippen LogP contribution in [-0.4, -0.2) is 89.9 Å². The molecule has 256 valence electrons. The van der Waals surface area contributed by atoms with Crippen LogP contribution in [0.4, 0.5) is 5.69 Å². The zero-order valence-corrected chi connectivity index (χ0v) is 28.8. The minimum atomic E-state index is -0.449. The number of anilines is 1. The summed E-state index contributed by atoms with van der Waals surface area (Å²) in [4.78, 5) is 40.1. The second-order valence-corrected chi connectivity index (χ2v) is 13.9. The van der Waals surface area contributed by atoms with Crippen molar-refractivity contribution in [3.63, 3.8) is 0 Å². The molecule has 12 nitrogen and oxygen atoms in total. The predicted molar refractivity (Wildman–Crippen MR) is 191 cm³/mol. The van der Waals surface area contributed by atoms with Gasteiger partial charge < -0.3 is 15.0 Å². The number of ether oxygens (including phenoxy) is 1. The lowest BCUT2D eigenvalue weighted by Crippen LogP contribution is -2.42. The van der Waals surface area contributed by atoms with Gasteiger partial charge in [-0.3, -0.25) is 24.3 Å². The first kappa shape index (κ1) is 31.9. The van der Waals surface area contributed by atoms with Gasteiger partial charge in [-0.25, -0.2) is 9.97 Å². The molecule has 1 aliphatic carbocycles. The number of hydrogen-bond acceptors (Lipinski definition) is 8. The maximum absolute atomic E-state index is 13.7. The number of carbonyl (C=O) groups excluding carboxylic acids is 2. The molecule has 2 amide bonds. The summed E-state index contributed by atoms with van der Waals surface area (Å²) >= 11 is 0. The van der Waals surface area contributed by atoms with E-state index in [1.54, 1.807) is 10.9 Å². The third-order valence-corrected chi connectivity index (χ3v) is 10.4. The molecule has 50 heavy (non-hydrogen) atoms. The van der Waals surface area contributed by atoms with Crippen molar-refractivity contribution in [1.29, 1.82) is 0 Å². The molecule has 12 heteroatoms. The van der Waals surface area contributed by atoms with Crippen LogP contribution in [0.15, 0.2) is 66.9 Å². The Balaban J connectivity index is 0.866. The number of fused-ring (bicyclic) bond motifs is 2. The molecule has 0 bridgehead atoms. The van der Waals surface area contributed by atoms with Crippen molar-refractivity contribution in [2.24, 2.45) is 12.5 Å². The smallest absolute Gasteiger partial charge is 0.237 e. The number of piperidine rings is 1. The Bertz CT molecular complexity index is 2100. The molecule has 1 unspecified atom stereocenters. The van der Waals surface area contributed by atoms with Crippen molar-refractivity contribution in [3.05, 3.63) is 78.3 Å². The summed E-state index contributed by atoms with van der Waals surface area (Å²) in [5.41, 5.74) is 6.16. The molecule has 1 saturated carbocycles. The summed E-state index contributed by atoms with van der Waals surface area (Å²) < 4.78 is 7.46. The number of pyridine rings is 1. The fourth-order valence-electron chi connectivity index (χ4n) is 7.33. The number of carbonyl (C=O) groups is 2. The average molecular weight is 672 g/mol. The first-order valence-electron chi connectivity index (χ1n) is 17.3. The van der Waals surface area contributed by atoms with E-state index < -0.39 is 5.41 Å². The van der Waals surface area contributed by atoms with Gasteiger partial charge in [0.1, 0.15) is 11.5 Å². The third kappa shape index (κ3) is 5.93. The van der Waals surface area contributed by atoms with Crippen LogP contribution >= 0.6 is 0 Å². The molecular weight excluding hydrogens is 630 g/mol. The Morgan fingerprint density at radius 3 is 2.54 bits per heavy atom. The van der Waals surface area contributed by atoms with E-state index in [4.69, 9.17) is 4.74 Å². The normalized spacial score (nSPS) is 20.2. The van der Waals surface area contributed by atoms with Crippen LogP contribution in [0, 0.1) is 12.3 Å². The van der Waals surface area contributed by atoms with Crippen molar-refractivity contribution < 1.29 is 14.3 Å². The van der Waals surface area contributed by atoms with Crippen LogP contribution in [0.2, 0.25) is 0 Å². The number of aromatic amines is 1. The first-order chi connectivity index (χ1) is 24.2. The quantitative estimate of drug-likeness (QED) is 0.218. The predicted octanol–water partition coefficient (Wildman–Crippen LogP) is 5.23. The van der Waals surface area contributed by atoms with E-state index in [1.807, 2.05) is 63.1 Å². The van der Waals surface area contributed by atoms with Gasteiger partial charge in [-0.05, 0) is 75.4 Å². The Morgan fingerprint density at radius 1 is 1.06 bits per heavy atom. The Hall–Kier alpha value is -5.36. The molecule has 5 heterocycles. The summed E-state index contributed by atoms with van der Waals surface area (Å²) in [7, 11) is 1.89. The van der Waals surface area contributed by atoms with E-state index in [1.165, 1.54) is 5.57 Å². The summed E-state index contributed by atoms with van der Waals surface area (Å²) in [6.07, 6.45) is 6.28. The van der Waals surface area contributed by atoms with Gasteiger partial charge >= 0.3 is 0 Å². The second-order valence-electron chi connectivity index (χ2n) is 13.9. The van der Waals surface area contributed by atoms with Crippen LogP contribution in [0.5, 0.6) is 5.88 Å². The van der Waals surface area contributed by atoms with Crippen LogP contribution in [-0.2, 0) is 16.6 Å². The van der Waals surface area contributed by atoms with E-state index in [0.717, 1.165) is 76.4 Å². The number of rotatable bonds is 9. The average Bonchev–Trinajstić information content (AvgIpc) is 3.33. The number of benzene rings is 2. The standard InChI is InChI=1S/C38H41N9O3/c1-23(2)50-33-12-9-28(21-39-33)35-30-19-29(10-11-31(30)42-43-35)41-37(49)38-15-18-47(32(38)20-38)22-34(48)46-16-13-26(14-17-46)25-5-7-27(8-6-25)36-40-24(3)45(4)44-36/h5-13,19,21,23,32H,14-18,20,22H2,1-4H3,(H,41,49)(H,42,43)/t32?,38-/m0/s1. The number of aryl methyl sites for hydroxylation is 2. The van der Waals surface area contributed by atoms with Crippen LogP contribution in [0.25, 0.3) is 39.1 Å². The first-order valence-corrected chi connectivity index (χ1v) is 17.3. The molecule has 2 aromatic carbocycles. The highest BCUT2D eigenvalue weighted by molar-refractivity contribution is 6.02. The molecular formula is C38H41N9O3. The van der Waals surface area contributed by atoms with Gasteiger partial charge in [-0.15, -0.1) is 0 Å². The van der Waals surface area contributed by atoms with Gasteiger partial charge in [0.05, 0.1) is 23.6 Å². The summed E-state index contributed by atoms with van der Waals surface area (Å²) in [5, 5.41) is 16.2. The number of hydrogen-bond donors (Lipinski definition) is 2. The zero-order valence-electron chi connectivity index (χ0n) is 28.8. The van der Waals surface area contributed by atoms with Crippen LogP contribution in [0.1, 0.15) is 44.5 Å². The van der Waals surface area contributed by atoms with Gasteiger partial charge in [-0.2, -0.15) is 10.2 Å². The number of nitrogens with zero attached hydrogens (tertiary/aromatic N) is 7. The molecule has 8 rings (SSSR count). The van der Waals surface area contributed by atoms with E-state index in [0.29, 0.717) is 25.5 Å². The molecule has 2 aliphatic heterocycles. The molecule has 2 fully saturated rings. The highest BCUT2D eigenvalue weighted by Crippen LogP contribution is 2.57. The molecule has 3 aromatic heterocycles. The minimum absolute atomic E-state index is 0.0178. The van der Waals surface area contributed by atoms with Gasteiger partial charge in [0, 0.05) is 67.2 Å². The van der Waals surface area contributed by atoms with E-state index >= 15 is 0 Å². The molecule has 0 spiro atoms. The molecule has 0 radical (unpaired) electrons. The second kappa shape index (κ2) is 12.5.